The Labute approximate surface area is 90.6 Å². The number of nitrogens with one attached hydrogen (secondary N) is 2. The number of ether oxygens (including phenoxy) is 1. The number of carbonyl (C=O) groups excluding carboxylic acids is 2. The second-order valence-electron chi connectivity index (χ2n) is 3.74. The Kier molecular flexibility index (Phi) is 5.93. The van der Waals surface area contributed by atoms with Crippen LogP contribution in [0.3, 0.4) is 0 Å². The molecular weight excluding hydrogens is 196 g/mol. The first-order valence-corrected chi connectivity index (χ1v) is 5.04. The molecule has 0 fully saturated rings. The molecular formula is C10H20N2O3. The van der Waals surface area contributed by atoms with Crippen LogP contribution in [-0.4, -0.2) is 37.6 Å². The number of carbonyl (C=O) groups is 2. The Bertz CT molecular complexity index is 227. The first-order chi connectivity index (χ1) is 6.94. The van der Waals surface area contributed by atoms with E-state index in [0.717, 1.165) is 6.54 Å². The van der Waals surface area contributed by atoms with E-state index in [0.29, 0.717) is 6.54 Å². The van der Waals surface area contributed by atoms with Gasteiger partial charge >= 0.3 is 5.97 Å². The molecule has 1 amide bonds. The van der Waals surface area contributed by atoms with E-state index in [2.05, 4.69) is 15.4 Å². The summed E-state index contributed by atoms with van der Waals surface area (Å²) < 4.78 is 4.46. The van der Waals surface area contributed by atoms with E-state index in [1.165, 1.54) is 7.11 Å². The molecule has 0 atom stereocenters. The molecule has 0 aliphatic carbocycles. The van der Waals surface area contributed by atoms with Crippen LogP contribution in [0.15, 0.2) is 0 Å². The summed E-state index contributed by atoms with van der Waals surface area (Å²) in [6.07, 6.45) is 0.199. The van der Waals surface area contributed by atoms with Gasteiger partial charge in [0, 0.05) is 6.54 Å². The van der Waals surface area contributed by atoms with Crippen LogP contribution in [-0.2, 0) is 14.3 Å². The van der Waals surface area contributed by atoms with Gasteiger partial charge in [-0.25, -0.2) is 0 Å². The van der Waals surface area contributed by atoms with Gasteiger partial charge in [0.25, 0.3) is 0 Å². The molecule has 2 N–H and O–H groups in total. The molecule has 0 unspecified atom stereocenters. The second kappa shape index (κ2) is 6.40. The van der Waals surface area contributed by atoms with E-state index in [9.17, 15) is 9.59 Å². The monoisotopic (exact) mass is 216 g/mol. The summed E-state index contributed by atoms with van der Waals surface area (Å²) in [7, 11) is 1.33. The summed E-state index contributed by atoms with van der Waals surface area (Å²) in [5.74, 6) is -0.440. The Morgan fingerprint density at radius 1 is 1.33 bits per heavy atom. The molecule has 0 bridgehead atoms. The van der Waals surface area contributed by atoms with Crippen molar-refractivity contribution in [3.05, 3.63) is 0 Å². The van der Waals surface area contributed by atoms with Gasteiger partial charge in [0.1, 0.15) is 0 Å². The number of hydrogen-bond acceptors (Lipinski definition) is 4. The zero-order valence-corrected chi connectivity index (χ0v) is 9.85. The number of esters is 1. The summed E-state index contributed by atoms with van der Waals surface area (Å²) in [6.45, 7) is 6.55. The van der Waals surface area contributed by atoms with E-state index < -0.39 is 5.54 Å². The topological polar surface area (TPSA) is 67.4 Å². The molecule has 0 aliphatic heterocycles. The Morgan fingerprint density at radius 3 is 2.40 bits per heavy atom. The zero-order valence-electron chi connectivity index (χ0n) is 9.85. The summed E-state index contributed by atoms with van der Waals surface area (Å²) in [6, 6.07) is 0. The Balaban J connectivity index is 3.88. The number of likely N-dealkylation sites (N-methyl/N-ethyl adjacent to an activating group) is 1. The molecule has 0 aromatic carbocycles. The maximum absolute atomic E-state index is 11.6. The fourth-order valence-electron chi connectivity index (χ4n) is 1.12. The fourth-order valence-corrected chi connectivity index (χ4v) is 1.12. The van der Waals surface area contributed by atoms with Gasteiger partial charge in [-0.2, -0.15) is 0 Å². The lowest BCUT2D eigenvalue weighted by Crippen LogP contribution is -2.52. The van der Waals surface area contributed by atoms with Gasteiger partial charge < -0.3 is 15.4 Å². The molecule has 5 heteroatoms. The predicted molar refractivity (Wildman–Crippen MR) is 57.4 cm³/mol. The minimum atomic E-state index is -0.606. The Morgan fingerprint density at radius 2 is 1.93 bits per heavy atom. The molecule has 0 saturated heterocycles. The highest BCUT2D eigenvalue weighted by Crippen LogP contribution is 2.01. The van der Waals surface area contributed by atoms with Crippen LogP contribution in [0.25, 0.3) is 0 Å². The highest BCUT2D eigenvalue weighted by atomic mass is 16.5. The standard InChI is InChI=1S/C10H20N2O3/c1-5-12-10(2,3)9(14)11-7-6-8(13)15-4/h12H,5-7H2,1-4H3,(H,11,14). The van der Waals surface area contributed by atoms with Crippen molar-refractivity contribution in [3.63, 3.8) is 0 Å². The summed E-state index contributed by atoms with van der Waals surface area (Å²) in [5, 5.41) is 5.72. The minimum Gasteiger partial charge on any atom is -0.469 e. The third-order valence-corrected chi connectivity index (χ3v) is 2.03. The van der Waals surface area contributed by atoms with Crippen molar-refractivity contribution < 1.29 is 14.3 Å². The van der Waals surface area contributed by atoms with E-state index in [-0.39, 0.29) is 18.3 Å². The van der Waals surface area contributed by atoms with Crippen molar-refractivity contribution in [1.29, 1.82) is 0 Å². The van der Waals surface area contributed by atoms with Crippen LogP contribution < -0.4 is 10.6 Å². The number of rotatable bonds is 6. The van der Waals surface area contributed by atoms with E-state index in [4.69, 9.17) is 0 Å². The van der Waals surface area contributed by atoms with Gasteiger partial charge in [0.05, 0.1) is 19.1 Å². The molecule has 0 aromatic rings. The van der Waals surface area contributed by atoms with Crippen molar-refractivity contribution in [2.75, 3.05) is 20.2 Å². The second-order valence-corrected chi connectivity index (χ2v) is 3.74. The van der Waals surface area contributed by atoms with E-state index in [1.807, 2.05) is 6.92 Å². The molecule has 0 saturated carbocycles. The van der Waals surface area contributed by atoms with Crippen LogP contribution >= 0.6 is 0 Å². The predicted octanol–water partition coefficient (Wildman–Crippen LogP) is 0.0538. The molecule has 15 heavy (non-hydrogen) atoms. The average Bonchev–Trinajstić information content (AvgIpc) is 2.17. The van der Waals surface area contributed by atoms with Gasteiger partial charge in [-0.3, -0.25) is 9.59 Å². The average molecular weight is 216 g/mol. The van der Waals surface area contributed by atoms with Crippen molar-refractivity contribution in [3.8, 4) is 0 Å². The first-order valence-electron chi connectivity index (χ1n) is 5.04. The van der Waals surface area contributed by atoms with Gasteiger partial charge in [0.2, 0.25) is 5.91 Å². The molecule has 0 rings (SSSR count). The van der Waals surface area contributed by atoms with Crippen LogP contribution in [0.1, 0.15) is 27.2 Å². The molecule has 5 nitrogen and oxygen atoms in total. The molecule has 88 valence electrons. The van der Waals surface area contributed by atoms with E-state index >= 15 is 0 Å². The zero-order chi connectivity index (χ0) is 11.9. The van der Waals surface area contributed by atoms with E-state index in [1.54, 1.807) is 13.8 Å². The molecule has 0 aromatic heterocycles. The molecule has 0 aliphatic rings. The van der Waals surface area contributed by atoms with Crippen molar-refractivity contribution in [2.45, 2.75) is 32.7 Å². The van der Waals surface area contributed by atoms with Crippen LogP contribution in [0.2, 0.25) is 0 Å². The highest BCUT2D eigenvalue weighted by molar-refractivity contribution is 5.85. The van der Waals surface area contributed by atoms with Crippen LogP contribution in [0.5, 0.6) is 0 Å². The molecule has 0 radical (unpaired) electrons. The van der Waals surface area contributed by atoms with Gasteiger partial charge in [-0.15, -0.1) is 0 Å². The maximum Gasteiger partial charge on any atom is 0.307 e. The SMILES string of the molecule is CCNC(C)(C)C(=O)NCCC(=O)OC. The quantitative estimate of drug-likeness (QED) is 0.616. The van der Waals surface area contributed by atoms with Crippen molar-refractivity contribution in [1.82, 2.24) is 10.6 Å². The molecule has 0 heterocycles. The van der Waals surface area contributed by atoms with Crippen LogP contribution in [0.4, 0.5) is 0 Å². The van der Waals surface area contributed by atoms with Gasteiger partial charge in [0.15, 0.2) is 0 Å². The summed E-state index contributed by atoms with van der Waals surface area (Å²) >= 11 is 0. The first kappa shape index (κ1) is 13.9. The number of hydrogen-bond donors (Lipinski definition) is 2. The van der Waals surface area contributed by atoms with Crippen molar-refractivity contribution in [2.24, 2.45) is 0 Å². The fraction of sp³-hybridized carbons (Fsp3) is 0.800. The normalized spacial score (nSPS) is 10.9. The summed E-state index contributed by atoms with van der Waals surface area (Å²) in [5.41, 5.74) is -0.606. The lowest BCUT2D eigenvalue weighted by atomic mass is 10.0. The lowest BCUT2D eigenvalue weighted by molar-refractivity contribution is -0.140. The Hall–Kier alpha value is -1.10. The van der Waals surface area contributed by atoms with Gasteiger partial charge in [-0.05, 0) is 20.4 Å². The lowest BCUT2D eigenvalue weighted by Gasteiger charge is -2.24. The maximum atomic E-state index is 11.6. The van der Waals surface area contributed by atoms with Crippen LogP contribution in [0, 0.1) is 0 Å². The number of amides is 1. The third kappa shape index (κ3) is 5.37. The third-order valence-electron chi connectivity index (χ3n) is 2.03. The smallest absolute Gasteiger partial charge is 0.307 e. The molecule has 0 spiro atoms. The number of methoxy groups -OCH3 is 1. The summed E-state index contributed by atoms with van der Waals surface area (Å²) in [4.78, 5) is 22.4. The largest absolute Gasteiger partial charge is 0.469 e. The minimum absolute atomic E-state index is 0.117. The highest BCUT2D eigenvalue weighted by Gasteiger charge is 2.25. The van der Waals surface area contributed by atoms with Crippen molar-refractivity contribution >= 4 is 11.9 Å². The van der Waals surface area contributed by atoms with Gasteiger partial charge in [-0.1, -0.05) is 6.92 Å².